The Balaban J connectivity index is 2.12. The molecule has 3 nitrogen and oxygen atoms in total. The van der Waals surface area contributed by atoms with Gasteiger partial charge in [-0.3, -0.25) is 0 Å². The van der Waals surface area contributed by atoms with Crippen molar-refractivity contribution in [2.45, 2.75) is 25.5 Å². The Morgan fingerprint density at radius 3 is 2.50 bits per heavy atom. The molecule has 1 saturated heterocycles. The molecule has 1 aliphatic heterocycles. The zero-order chi connectivity index (χ0) is 7.61. The molecule has 10 heavy (non-hydrogen) atoms. The standard InChI is InChI=1S/C7H15NO2/c1-6(2)10-5-7(8)3-9-4-7/h6H,3-5,8H2,1-2H3. The van der Waals surface area contributed by atoms with Gasteiger partial charge in [-0.1, -0.05) is 0 Å². The Hall–Kier alpha value is -0.120. The van der Waals surface area contributed by atoms with E-state index in [1.165, 1.54) is 0 Å². The fraction of sp³-hybridized carbons (Fsp3) is 1.00. The van der Waals surface area contributed by atoms with Crippen LogP contribution >= 0.6 is 0 Å². The van der Waals surface area contributed by atoms with Crippen molar-refractivity contribution in [3.05, 3.63) is 0 Å². The maximum absolute atomic E-state index is 5.80. The van der Waals surface area contributed by atoms with E-state index in [2.05, 4.69) is 0 Å². The predicted molar refractivity (Wildman–Crippen MR) is 38.8 cm³/mol. The van der Waals surface area contributed by atoms with Crippen LogP contribution in [0.15, 0.2) is 0 Å². The number of ether oxygens (including phenoxy) is 2. The van der Waals surface area contributed by atoms with E-state index in [0.29, 0.717) is 19.8 Å². The molecule has 0 aromatic rings. The molecule has 2 N–H and O–H groups in total. The summed E-state index contributed by atoms with van der Waals surface area (Å²) in [6.45, 7) is 5.90. The molecule has 1 rings (SSSR count). The van der Waals surface area contributed by atoms with Gasteiger partial charge in [0.15, 0.2) is 0 Å². The lowest BCUT2D eigenvalue weighted by Gasteiger charge is -2.37. The van der Waals surface area contributed by atoms with Gasteiger partial charge in [0.2, 0.25) is 0 Å². The van der Waals surface area contributed by atoms with E-state index in [-0.39, 0.29) is 11.6 Å². The van der Waals surface area contributed by atoms with Crippen molar-refractivity contribution in [3.63, 3.8) is 0 Å². The summed E-state index contributed by atoms with van der Waals surface area (Å²) < 4.78 is 10.3. The molecule has 0 unspecified atom stereocenters. The lowest BCUT2D eigenvalue weighted by Crippen LogP contribution is -2.60. The summed E-state index contributed by atoms with van der Waals surface area (Å²) in [5, 5.41) is 0. The monoisotopic (exact) mass is 145 g/mol. The molecule has 1 aliphatic rings. The quantitative estimate of drug-likeness (QED) is 0.614. The summed E-state index contributed by atoms with van der Waals surface area (Å²) in [6, 6.07) is 0. The lowest BCUT2D eigenvalue weighted by molar-refractivity contribution is -0.101. The topological polar surface area (TPSA) is 44.5 Å². The average Bonchev–Trinajstić information content (AvgIpc) is 1.79. The minimum absolute atomic E-state index is 0.190. The normalized spacial score (nSPS) is 22.8. The van der Waals surface area contributed by atoms with Gasteiger partial charge in [-0.25, -0.2) is 0 Å². The van der Waals surface area contributed by atoms with Crippen molar-refractivity contribution in [1.82, 2.24) is 0 Å². The number of rotatable bonds is 3. The van der Waals surface area contributed by atoms with Crippen LogP contribution in [0.1, 0.15) is 13.8 Å². The van der Waals surface area contributed by atoms with Crippen LogP contribution in [-0.4, -0.2) is 31.5 Å². The van der Waals surface area contributed by atoms with Gasteiger partial charge in [0.05, 0.1) is 31.5 Å². The Kier molecular flexibility index (Phi) is 2.28. The number of nitrogens with two attached hydrogens (primary N) is 1. The summed E-state index contributed by atoms with van der Waals surface area (Å²) in [6.07, 6.45) is 0.265. The largest absolute Gasteiger partial charge is 0.377 e. The van der Waals surface area contributed by atoms with Gasteiger partial charge in [-0.15, -0.1) is 0 Å². The van der Waals surface area contributed by atoms with Crippen LogP contribution in [0.25, 0.3) is 0 Å². The highest BCUT2D eigenvalue weighted by molar-refractivity contribution is 4.90. The van der Waals surface area contributed by atoms with Crippen molar-refractivity contribution >= 4 is 0 Å². The average molecular weight is 145 g/mol. The van der Waals surface area contributed by atoms with Crippen LogP contribution in [0, 0.1) is 0 Å². The van der Waals surface area contributed by atoms with Crippen molar-refractivity contribution in [1.29, 1.82) is 0 Å². The molecule has 1 heterocycles. The van der Waals surface area contributed by atoms with E-state index in [4.69, 9.17) is 15.2 Å². The van der Waals surface area contributed by atoms with E-state index >= 15 is 0 Å². The first kappa shape index (κ1) is 7.98. The van der Waals surface area contributed by atoms with Gasteiger partial charge in [0.1, 0.15) is 0 Å². The highest BCUT2D eigenvalue weighted by atomic mass is 16.5. The van der Waals surface area contributed by atoms with E-state index in [0.717, 1.165) is 0 Å². The first-order valence-electron chi connectivity index (χ1n) is 3.61. The molecule has 0 aliphatic carbocycles. The zero-order valence-electron chi connectivity index (χ0n) is 6.59. The van der Waals surface area contributed by atoms with Gasteiger partial charge >= 0.3 is 0 Å². The maximum Gasteiger partial charge on any atom is 0.0865 e. The molecule has 60 valence electrons. The second-order valence-electron chi connectivity index (χ2n) is 3.21. The van der Waals surface area contributed by atoms with Gasteiger partial charge in [0.25, 0.3) is 0 Å². The molecule has 0 aromatic heterocycles. The zero-order valence-corrected chi connectivity index (χ0v) is 6.59. The summed E-state index contributed by atoms with van der Waals surface area (Å²) in [5.41, 5.74) is 5.61. The van der Waals surface area contributed by atoms with Crippen LogP contribution in [-0.2, 0) is 9.47 Å². The molecular weight excluding hydrogens is 130 g/mol. The van der Waals surface area contributed by atoms with E-state index in [1.54, 1.807) is 0 Å². The molecule has 0 amide bonds. The third kappa shape index (κ3) is 1.94. The van der Waals surface area contributed by atoms with Crippen molar-refractivity contribution < 1.29 is 9.47 Å². The highest BCUT2D eigenvalue weighted by Gasteiger charge is 2.34. The fourth-order valence-corrected chi connectivity index (χ4v) is 0.780. The van der Waals surface area contributed by atoms with Crippen molar-refractivity contribution in [2.75, 3.05) is 19.8 Å². The highest BCUT2D eigenvalue weighted by Crippen LogP contribution is 2.13. The minimum atomic E-state index is -0.190. The molecule has 0 bridgehead atoms. The summed E-state index contributed by atoms with van der Waals surface area (Å²) in [7, 11) is 0. The Bertz CT molecular complexity index is 110. The third-order valence-electron chi connectivity index (χ3n) is 1.48. The first-order chi connectivity index (χ1) is 4.62. The van der Waals surface area contributed by atoms with Gasteiger partial charge in [-0.2, -0.15) is 0 Å². The van der Waals surface area contributed by atoms with Crippen LogP contribution in [0.2, 0.25) is 0 Å². The Morgan fingerprint density at radius 2 is 2.20 bits per heavy atom. The summed E-state index contributed by atoms with van der Waals surface area (Å²) in [5.74, 6) is 0. The summed E-state index contributed by atoms with van der Waals surface area (Å²) in [4.78, 5) is 0. The van der Waals surface area contributed by atoms with Gasteiger partial charge in [-0.05, 0) is 13.8 Å². The minimum Gasteiger partial charge on any atom is -0.377 e. The van der Waals surface area contributed by atoms with E-state index < -0.39 is 0 Å². The Morgan fingerprint density at radius 1 is 1.60 bits per heavy atom. The maximum atomic E-state index is 5.80. The molecule has 0 aromatic carbocycles. The van der Waals surface area contributed by atoms with Crippen LogP contribution < -0.4 is 5.73 Å². The molecule has 3 heteroatoms. The summed E-state index contributed by atoms with van der Waals surface area (Å²) >= 11 is 0. The molecule has 0 saturated carbocycles. The van der Waals surface area contributed by atoms with E-state index in [9.17, 15) is 0 Å². The van der Waals surface area contributed by atoms with Crippen molar-refractivity contribution in [3.8, 4) is 0 Å². The van der Waals surface area contributed by atoms with E-state index in [1.807, 2.05) is 13.8 Å². The number of hydrogen-bond acceptors (Lipinski definition) is 3. The molecule has 0 atom stereocenters. The Labute approximate surface area is 61.5 Å². The molecule has 0 radical (unpaired) electrons. The third-order valence-corrected chi connectivity index (χ3v) is 1.48. The molecule has 0 spiro atoms. The molecular formula is C7H15NO2. The SMILES string of the molecule is CC(C)OCC1(N)COC1. The van der Waals surface area contributed by atoms with Gasteiger partial charge in [0, 0.05) is 0 Å². The van der Waals surface area contributed by atoms with Crippen molar-refractivity contribution in [2.24, 2.45) is 5.73 Å². The fourth-order valence-electron chi connectivity index (χ4n) is 0.780. The molecule has 1 fully saturated rings. The lowest BCUT2D eigenvalue weighted by atomic mass is 10.0. The predicted octanol–water partition coefficient (Wildman–Crippen LogP) is 0.139. The van der Waals surface area contributed by atoms with Crippen LogP contribution in [0.5, 0.6) is 0 Å². The second-order valence-corrected chi connectivity index (χ2v) is 3.21. The van der Waals surface area contributed by atoms with Crippen LogP contribution in [0.3, 0.4) is 0 Å². The van der Waals surface area contributed by atoms with Crippen LogP contribution in [0.4, 0.5) is 0 Å². The number of hydrogen-bond donors (Lipinski definition) is 1. The first-order valence-corrected chi connectivity index (χ1v) is 3.61. The second kappa shape index (κ2) is 2.86. The van der Waals surface area contributed by atoms with Gasteiger partial charge < -0.3 is 15.2 Å². The smallest absolute Gasteiger partial charge is 0.0865 e.